The molecule has 1 aliphatic rings. The third-order valence-electron chi connectivity index (χ3n) is 5.02. The molecular weight excluding hydrogens is 346 g/mol. The Morgan fingerprint density at radius 3 is 2.56 bits per heavy atom. The number of carbonyl (C=O) groups is 2. The first-order chi connectivity index (χ1) is 13.0. The van der Waals surface area contributed by atoms with Gasteiger partial charge in [-0.05, 0) is 36.1 Å². The van der Waals surface area contributed by atoms with Crippen molar-refractivity contribution in [2.45, 2.75) is 26.0 Å². The first-order valence-corrected chi connectivity index (χ1v) is 8.86. The average molecular weight is 369 g/mol. The highest BCUT2D eigenvalue weighted by Gasteiger charge is 2.43. The van der Waals surface area contributed by atoms with E-state index in [9.17, 15) is 14.7 Å². The highest BCUT2D eigenvalue weighted by Crippen LogP contribution is 2.41. The summed E-state index contributed by atoms with van der Waals surface area (Å²) >= 11 is 0. The van der Waals surface area contributed by atoms with Crippen molar-refractivity contribution in [3.05, 3.63) is 65.2 Å². The summed E-state index contributed by atoms with van der Waals surface area (Å²) < 4.78 is 10.8. The topological polar surface area (TPSA) is 76.1 Å². The summed E-state index contributed by atoms with van der Waals surface area (Å²) in [5.41, 5.74) is 2.49. The molecular formula is C21H23NO5. The van der Waals surface area contributed by atoms with Crippen LogP contribution in [0.2, 0.25) is 0 Å². The van der Waals surface area contributed by atoms with Gasteiger partial charge in [-0.2, -0.15) is 0 Å². The predicted molar refractivity (Wildman–Crippen MR) is 99.5 cm³/mol. The molecule has 1 saturated heterocycles. The summed E-state index contributed by atoms with van der Waals surface area (Å²) in [5.74, 6) is -0.929. The van der Waals surface area contributed by atoms with E-state index in [2.05, 4.69) is 0 Å². The molecule has 0 spiro atoms. The summed E-state index contributed by atoms with van der Waals surface area (Å²) in [7, 11) is 1.57. The van der Waals surface area contributed by atoms with E-state index >= 15 is 0 Å². The first-order valence-electron chi connectivity index (χ1n) is 8.86. The normalized spacial score (nSPS) is 19.0. The zero-order valence-corrected chi connectivity index (χ0v) is 15.4. The van der Waals surface area contributed by atoms with E-state index in [1.807, 2.05) is 55.5 Å². The summed E-state index contributed by atoms with van der Waals surface area (Å²) in [6.07, 6.45) is -0.119. The number of methoxy groups -OCH3 is 1. The standard InChI is InChI=1S/C21H23NO5/c1-14-16(9-6-10-18(14)26-2)19-17(20(23)24)11-12-22(19)21(25)27-13-15-7-4-3-5-8-15/h3-10,17,19H,11-13H2,1-2H3,(H,23,24)/t17-,19-/m1/s1. The molecule has 1 N–H and O–H groups in total. The third-order valence-corrected chi connectivity index (χ3v) is 5.02. The van der Waals surface area contributed by atoms with Gasteiger partial charge in [0.05, 0.1) is 19.1 Å². The number of hydrogen-bond donors (Lipinski definition) is 1. The van der Waals surface area contributed by atoms with Crippen LogP contribution in [0.1, 0.15) is 29.2 Å². The van der Waals surface area contributed by atoms with Crippen LogP contribution >= 0.6 is 0 Å². The van der Waals surface area contributed by atoms with Crippen LogP contribution in [-0.2, 0) is 16.1 Å². The van der Waals surface area contributed by atoms with E-state index in [1.165, 1.54) is 4.90 Å². The van der Waals surface area contributed by atoms with Crippen molar-refractivity contribution in [2.24, 2.45) is 5.92 Å². The van der Waals surface area contributed by atoms with Crippen molar-refractivity contribution in [1.82, 2.24) is 4.90 Å². The minimum absolute atomic E-state index is 0.151. The largest absolute Gasteiger partial charge is 0.496 e. The predicted octanol–water partition coefficient (Wildman–Crippen LogP) is 3.79. The molecule has 1 fully saturated rings. The second kappa shape index (κ2) is 8.12. The minimum Gasteiger partial charge on any atom is -0.496 e. The molecule has 0 unspecified atom stereocenters. The molecule has 0 saturated carbocycles. The molecule has 142 valence electrons. The average Bonchev–Trinajstić information content (AvgIpc) is 3.12. The van der Waals surface area contributed by atoms with Crippen molar-refractivity contribution in [3.8, 4) is 5.75 Å². The van der Waals surface area contributed by atoms with Crippen molar-refractivity contribution < 1.29 is 24.2 Å². The Labute approximate surface area is 158 Å². The molecule has 0 bridgehead atoms. The van der Waals surface area contributed by atoms with E-state index in [0.717, 1.165) is 16.7 Å². The maximum Gasteiger partial charge on any atom is 0.410 e. The molecule has 0 aromatic heterocycles. The van der Waals surface area contributed by atoms with Gasteiger partial charge in [0.25, 0.3) is 0 Å². The monoisotopic (exact) mass is 369 g/mol. The lowest BCUT2D eigenvalue weighted by Crippen LogP contribution is -2.34. The van der Waals surface area contributed by atoms with E-state index in [-0.39, 0.29) is 6.61 Å². The van der Waals surface area contributed by atoms with Crippen LogP contribution in [0.15, 0.2) is 48.5 Å². The molecule has 1 amide bonds. The van der Waals surface area contributed by atoms with Crippen LogP contribution in [0.3, 0.4) is 0 Å². The second-order valence-corrected chi connectivity index (χ2v) is 6.59. The highest BCUT2D eigenvalue weighted by atomic mass is 16.6. The number of carboxylic acids is 1. The molecule has 1 heterocycles. The molecule has 6 nitrogen and oxygen atoms in total. The SMILES string of the molecule is COc1cccc([C@@H]2[C@H](C(=O)O)CCN2C(=O)OCc2ccccc2)c1C. The third kappa shape index (κ3) is 3.89. The van der Waals surface area contributed by atoms with Gasteiger partial charge in [0, 0.05) is 6.54 Å². The number of amides is 1. The molecule has 27 heavy (non-hydrogen) atoms. The van der Waals surface area contributed by atoms with Gasteiger partial charge in [0.1, 0.15) is 12.4 Å². The quantitative estimate of drug-likeness (QED) is 0.868. The Morgan fingerprint density at radius 1 is 1.15 bits per heavy atom. The minimum atomic E-state index is -0.916. The van der Waals surface area contributed by atoms with E-state index < -0.39 is 24.0 Å². The van der Waals surface area contributed by atoms with Crippen molar-refractivity contribution >= 4 is 12.1 Å². The number of nitrogens with zero attached hydrogens (tertiary/aromatic N) is 1. The van der Waals surface area contributed by atoms with E-state index in [1.54, 1.807) is 7.11 Å². The second-order valence-electron chi connectivity index (χ2n) is 6.59. The number of likely N-dealkylation sites (tertiary alicyclic amines) is 1. The zero-order chi connectivity index (χ0) is 19.4. The number of ether oxygens (including phenoxy) is 2. The van der Waals surface area contributed by atoms with Crippen LogP contribution < -0.4 is 4.74 Å². The Bertz CT molecular complexity index is 821. The number of aliphatic carboxylic acids is 1. The van der Waals surface area contributed by atoms with Crippen LogP contribution in [0.4, 0.5) is 4.79 Å². The number of hydrogen-bond acceptors (Lipinski definition) is 4. The molecule has 0 aliphatic carbocycles. The molecule has 2 aromatic carbocycles. The maximum absolute atomic E-state index is 12.7. The van der Waals surface area contributed by atoms with Crippen LogP contribution in [0, 0.1) is 12.8 Å². The van der Waals surface area contributed by atoms with Crippen LogP contribution in [0.5, 0.6) is 5.75 Å². The van der Waals surface area contributed by atoms with Gasteiger partial charge in [-0.15, -0.1) is 0 Å². The number of carboxylic acid groups (broad SMARTS) is 1. The fourth-order valence-electron chi connectivity index (χ4n) is 3.62. The smallest absolute Gasteiger partial charge is 0.410 e. The lowest BCUT2D eigenvalue weighted by Gasteiger charge is -2.28. The molecule has 2 atom stereocenters. The summed E-state index contributed by atoms with van der Waals surface area (Å²) in [6.45, 7) is 2.36. The fraction of sp³-hybridized carbons (Fsp3) is 0.333. The Balaban J connectivity index is 1.85. The van der Waals surface area contributed by atoms with Gasteiger partial charge in [0.15, 0.2) is 0 Å². The summed E-state index contributed by atoms with van der Waals surface area (Å²) in [5, 5.41) is 9.66. The first kappa shape index (κ1) is 18.8. The summed E-state index contributed by atoms with van der Waals surface area (Å²) in [4.78, 5) is 26.0. The van der Waals surface area contributed by atoms with Crippen LogP contribution in [-0.4, -0.2) is 35.7 Å². The lowest BCUT2D eigenvalue weighted by atomic mass is 9.90. The molecule has 3 rings (SSSR count). The highest BCUT2D eigenvalue weighted by molar-refractivity contribution is 5.76. The maximum atomic E-state index is 12.7. The zero-order valence-electron chi connectivity index (χ0n) is 15.4. The van der Waals surface area contributed by atoms with Gasteiger partial charge in [-0.1, -0.05) is 42.5 Å². The number of rotatable bonds is 5. The van der Waals surface area contributed by atoms with Crippen molar-refractivity contribution in [1.29, 1.82) is 0 Å². The van der Waals surface area contributed by atoms with Gasteiger partial charge >= 0.3 is 12.1 Å². The van der Waals surface area contributed by atoms with Gasteiger partial charge in [0.2, 0.25) is 0 Å². The molecule has 6 heteroatoms. The van der Waals surface area contributed by atoms with E-state index in [4.69, 9.17) is 9.47 Å². The van der Waals surface area contributed by atoms with Crippen molar-refractivity contribution in [3.63, 3.8) is 0 Å². The molecule has 1 aliphatic heterocycles. The van der Waals surface area contributed by atoms with Gasteiger partial charge in [-0.3, -0.25) is 4.79 Å². The summed E-state index contributed by atoms with van der Waals surface area (Å²) in [6, 6.07) is 14.3. The fourth-order valence-corrected chi connectivity index (χ4v) is 3.62. The lowest BCUT2D eigenvalue weighted by molar-refractivity contribution is -0.142. The van der Waals surface area contributed by atoms with Crippen LogP contribution in [0.25, 0.3) is 0 Å². The molecule has 0 radical (unpaired) electrons. The Kier molecular flexibility index (Phi) is 5.64. The number of carbonyl (C=O) groups excluding carboxylic acids is 1. The molecule has 2 aromatic rings. The van der Waals surface area contributed by atoms with Crippen molar-refractivity contribution in [2.75, 3.05) is 13.7 Å². The van der Waals surface area contributed by atoms with Gasteiger partial charge in [-0.25, -0.2) is 4.79 Å². The van der Waals surface area contributed by atoms with E-state index in [0.29, 0.717) is 18.7 Å². The Morgan fingerprint density at radius 2 is 1.89 bits per heavy atom. The van der Waals surface area contributed by atoms with Gasteiger partial charge < -0.3 is 19.5 Å². The number of benzene rings is 2. The Hall–Kier alpha value is -3.02.